The summed E-state index contributed by atoms with van der Waals surface area (Å²) in [6, 6.07) is 4.06. The first-order valence-electron chi connectivity index (χ1n) is 6.82. The van der Waals surface area contributed by atoms with Crippen molar-refractivity contribution in [3.05, 3.63) is 40.1 Å². The summed E-state index contributed by atoms with van der Waals surface area (Å²) in [6.07, 6.45) is 5.55. The predicted molar refractivity (Wildman–Crippen MR) is 77.1 cm³/mol. The van der Waals surface area contributed by atoms with Crippen LogP contribution in [-0.2, 0) is 0 Å². The summed E-state index contributed by atoms with van der Waals surface area (Å²) in [5.41, 5.74) is 1.22. The van der Waals surface area contributed by atoms with Gasteiger partial charge in [-0.2, -0.15) is 0 Å². The Kier molecular flexibility index (Phi) is 3.84. The van der Waals surface area contributed by atoms with Gasteiger partial charge in [-0.15, -0.1) is 11.3 Å². The zero-order valence-electron chi connectivity index (χ0n) is 11.1. The lowest BCUT2D eigenvalue weighted by Crippen LogP contribution is -2.34. The molecule has 2 aromatic rings. The third-order valence-electron chi connectivity index (χ3n) is 3.65. The van der Waals surface area contributed by atoms with Crippen molar-refractivity contribution in [1.82, 2.24) is 14.9 Å². The molecule has 0 saturated carbocycles. The molecule has 2 aromatic heterocycles. The zero-order chi connectivity index (χ0) is 13.9. The lowest BCUT2D eigenvalue weighted by atomic mass is 10.1. The van der Waals surface area contributed by atoms with Crippen LogP contribution in [0.2, 0.25) is 0 Å². The van der Waals surface area contributed by atoms with Crippen LogP contribution in [0, 0.1) is 0 Å². The van der Waals surface area contributed by atoms with Crippen molar-refractivity contribution in [1.29, 1.82) is 0 Å². The normalized spacial score (nSPS) is 18.0. The third kappa shape index (κ3) is 2.62. The number of carboxylic acids is 1. The van der Waals surface area contributed by atoms with Crippen LogP contribution in [0.15, 0.2) is 23.7 Å². The first-order valence-corrected chi connectivity index (χ1v) is 7.70. The monoisotopic (exact) mass is 291 g/mol. The molecule has 0 aliphatic carbocycles. The molecule has 1 aliphatic heterocycles. The quantitative estimate of drug-likeness (QED) is 0.908. The SMILES string of the molecule is O=C(O)c1csc(C(c2ccc[nH]2)N2CCCCC2)n1. The molecule has 0 bridgehead atoms. The number of carbonyl (C=O) groups is 1. The Morgan fingerprint density at radius 1 is 1.40 bits per heavy atom. The lowest BCUT2D eigenvalue weighted by Gasteiger charge is -2.32. The highest BCUT2D eigenvalue weighted by atomic mass is 32.1. The van der Waals surface area contributed by atoms with E-state index in [2.05, 4.69) is 14.9 Å². The highest BCUT2D eigenvalue weighted by Crippen LogP contribution is 2.32. The Morgan fingerprint density at radius 2 is 2.20 bits per heavy atom. The van der Waals surface area contributed by atoms with Crippen molar-refractivity contribution in [2.75, 3.05) is 13.1 Å². The zero-order valence-corrected chi connectivity index (χ0v) is 11.9. The maximum absolute atomic E-state index is 11.0. The second-order valence-corrected chi connectivity index (χ2v) is 5.89. The standard InChI is InChI=1S/C14H17N3O2S/c18-14(19)11-9-20-13(16-11)12(10-5-4-6-15-10)17-7-2-1-3-8-17/h4-6,9,12,15H,1-3,7-8H2,(H,18,19). The van der Waals surface area contributed by atoms with Gasteiger partial charge in [0, 0.05) is 17.3 Å². The molecule has 6 heteroatoms. The van der Waals surface area contributed by atoms with E-state index in [-0.39, 0.29) is 11.7 Å². The summed E-state index contributed by atoms with van der Waals surface area (Å²) >= 11 is 1.42. The first-order chi connectivity index (χ1) is 9.75. The van der Waals surface area contributed by atoms with Gasteiger partial charge in [-0.3, -0.25) is 4.90 Å². The number of hydrogen-bond donors (Lipinski definition) is 2. The fraction of sp³-hybridized carbons (Fsp3) is 0.429. The Labute approximate surface area is 121 Å². The average Bonchev–Trinajstić information content (AvgIpc) is 3.12. The molecule has 2 N–H and O–H groups in total. The molecule has 1 fully saturated rings. The lowest BCUT2D eigenvalue weighted by molar-refractivity contribution is 0.0690. The fourth-order valence-electron chi connectivity index (χ4n) is 2.69. The highest BCUT2D eigenvalue weighted by Gasteiger charge is 2.27. The smallest absolute Gasteiger partial charge is 0.355 e. The molecule has 0 radical (unpaired) electrons. The minimum absolute atomic E-state index is 0.0448. The van der Waals surface area contributed by atoms with E-state index in [1.54, 1.807) is 5.38 Å². The second kappa shape index (κ2) is 5.76. The molecule has 3 heterocycles. The number of piperidine rings is 1. The van der Waals surface area contributed by atoms with Gasteiger partial charge in [0.25, 0.3) is 0 Å². The Balaban J connectivity index is 1.93. The maximum Gasteiger partial charge on any atom is 0.355 e. The van der Waals surface area contributed by atoms with Crippen molar-refractivity contribution >= 4 is 17.3 Å². The largest absolute Gasteiger partial charge is 0.476 e. The number of aromatic nitrogens is 2. The fourth-order valence-corrected chi connectivity index (χ4v) is 3.63. The van der Waals surface area contributed by atoms with Gasteiger partial charge in [0.2, 0.25) is 0 Å². The van der Waals surface area contributed by atoms with Gasteiger partial charge in [0.1, 0.15) is 11.0 Å². The third-order valence-corrected chi connectivity index (χ3v) is 4.54. The topological polar surface area (TPSA) is 69.2 Å². The molecule has 20 heavy (non-hydrogen) atoms. The van der Waals surface area contributed by atoms with Gasteiger partial charge in [-0.05, 0) is 38.1 Å². The Hall–Kier alpha value is -1.66. The minimum Gasteiger partial charge on any atom is -0.476 e. The van der Waals surface area contributed by atoms with Gasteiger partial charge in [0.05, 0.1) is 0 Å². The number of aromatic amines is 1. The van der Waals surface area contributed by atoms with E-state index >= 15 is 0 Å². The van der Waals surface area contributed by atoms with Crippen molar-refractivity contribution in [3.8, 4) is 0 Å². The summed E-state index contributed by atoms with van der Waals surface area (Å²) < 4.78 is 0. The van der Waals surface area contributed by atoms with Crippen LogP contribution >= 0.6 is 11.3 Å². The Bertz CT molecular complexity index is 573. The van der Waals surface area contributed by atoms with Gasteiger partial charge in [-0.25, -0.2) is 9.78 Å². The number of thiazole rings is 1. The van der Waals surface area contributed by atoms with Crippen LogP contribution in [0.3, 0.4) is 0 Å². The number of nitrogens with one attached hydrogen (secondary N) is 1. The van der Waals surface area contributed by atoms with Crippen molar-refractivity contribution in [2.24, 2.45) is 0 Å². The van der Waals surface area contributed by atoms with Gasteiger partial charge in [-0.1, -0.05) is 6.42 Å². The van der Waals surface area contributed by atoms with Gasteiger partial charge >= 0.3 is 5.97 Å². The van der Waals surface area contributed by atoms with Crippen LogP contribution in [0.25, 0.3) is 0 Å². The molecule has 1 atom stereocenters. The number of carboxylic acid groups (broad SMARTS) is 1. The number of hydrogen-bond acceptors (Lipinski definition) is 4. The summed E-state index contributed by atoms with van der Waals surface area (Å²) in [6.45, 7) is 2.07. The van der Waals surface area contributed by atoms with Crippen molar-refractivity contribution in [3.63, 3.8) is 0 Å². The van der Waals surface area contributed by atoms with E-state index in [9.17, 15) is 4.79 Å². The van der Waals surface area contributed by atoms with Crippen molar-refractivity contribution in [2.45, 2.75) is 25.3 Å². The molecular weight excluding hydrogens is 274 g/mol. The molecule has 0 aromatic carbocycles. The van der Waals surface area contributed by atoms with Gasteiger partial charge in [0.15, 0.2) is 5.69 Å². The first kappa shape index (κ1) is 13.3. The van der Waals surface area contributed by atoms with E-state index in [1.807, 2.05) is 18.3 Å². The molecule has 0 spiro atoms. The molecule has 5 nitrogen and oxygen atoms in total. The molecule has 1 saturated heterocycles. The van der Waals surface area contributed by atoms with E-state index < -0.39 is 5.97 Å². The number of H-pyrrole nitrogens is 1. The number of nitrogens with zero attached hydrogens (tertiary/aromatic N) is 2. The van der Waals surface area contributed by atoms with Crippen molar-refractivity contribution < 1.29 is 9.90 Å². The molecule has 0 amide bonds. The van der Waals surface area contributed by atoms with Crippen LogP contribution in [-0.4, -0.2) is 39.0 Å². The van der Waals surface area contributed by atoms with Gasteiger partial charge < -0.3 is 10.1 Å². The second-order valence-electron chi connectivity index (χ2n) is 5.00. The van der Waals surface area contributed by atoms with Crippen LogP contribution < -0.4 is 0 Å². The number of likely N-dealkylation sites (tertiary alicyclic amines) is 1. The number of aromatic carboxylic acids is 1. The summed E-state index contributed by atoms with van der Waals surface area (Å²) in [7, 11) is 0. The van der Waals surface area contributed by atoms with E-state index in [0.29, 0.717) is 0 Å². The van der Waals surface area contributed by atoms with Crippen LogP contribution in [0.4, 0.5) is 0 Å². The summed E-state index contributed by atoms with van der Waals surface area (Å²) in [4.78, 5) is 21.0. The molecule has 1 unspecified atom stereocenters. The minimum atomic E-state index is -0.962. The highest BCUT2D eigenvalue weighted by molar-refractivity contribution is 7.09. The molecule has 3 rings (SSSR count). The van der Waals surface area contributed by atoms with E-state index in [4.69, 9.17) is 5.11 Å². The molecule has 106 valence electrons. The Morgan fingerprint density at radius 3 is 2.80 bits per heavy atom. The molecular formula is C14H17N3O2S. The predicted octanol–water partition coefficient (Wildman–Crippen LogP) is 2.74. The average molecular weight is 291 g/mol. The summed E-state index contributed by atoms with van der Waals surface area (Å²) in [5.74, 6) is -0.962. The maximum atomic E-state index is 11.0. The van der Waals surface area contributed by atoms with E-state index in [0.717, 1.165) is 23.8 Å². The van der Waals surface area contributed by atoms with Crippen LogP contribution in [0.5, 0.6) is 0 Å². The van der Waals surface area contributed by atoms with Crippen LogP contribution in [0.1, 0.15) is 46.5 Å². The molecule has 1 aliphatic rings. The number of rotatable bonds is 4. The summed E-state index contributed by atoms with van der Waals surface area (Å²) in [5, 5.41) is 11.5. The van der Waals surface area contributed by atoms with E-state index in [1.165, 1.54) is 30.6 Å².